The fraction of sp³-hybridized carbons (Fsp3) is 0.147. The van der Waals surface area contributed by atoms with Crippen molar-refractivity contribution >= 4 is 11.6 Å². The summed E-state index contributed by atoms with van der Waals surface area (Å²) in [6.07, 6.45) is 0. The van der Waals surface area contributed by atoms with E-state index in [1.165, 1.54) is 5.56 Å². The Morgan fingerprint density at radius 3 is 1.87 bits per heavy atom. The number of carbonyl (C=O) groups is 1. The Kier molecular flexibility index (Phi) is 7.41. The van der Waals surface area contributed by atoms with E-state index in [2.05, 4.69) is 84.4 Å². The maximum absolute atomic E-state index is 14.2. The van der Waals surface area contributed by atoms with Gasteiger partial charge in [-0.3, -0.25) is 4.79 Å². The summed E-state index contributed by atoms with van der Waals surface area (Å²) >= 11 is 0. The highest BCUT2D eigenvalue weighted by Crippen LogP contribution is 2.42. The zero-order valence-corrected chi connectivity index (χ0v) is 22.0. The van der Waals surface area contributed by atoms with Crippen LogP contribution in [0.25, 0.3) is 22.4 Å². The predicted octanol–water partition coefficient (Wildman–Crippen LogP) is 8.25. The molecule has 0 atom stereocenters. The number of nitrogens with one attached hydrogen (secondary N) is 1. The van der Waals surface area contributed by atoms with Crippen LogP contribution in [0, 0.1) is 0 Å². The Morgan fingerprint density at radius 2 is 1.32 bits per heavy atom. The first-order chi connectivity index (χ1) is 18.6. The van der Waals surface area contributed by atoms with E-state index in [4.69, 9.17) is 4.74 Å². The number of methoxy groups -OCH3 is 1. The largest absolute Gasteiger partial charge is 0.497 e. The van der Waals surface area contributed by atoms with Crippen LogP contribution >= 0.6 is 0 Å². The molecule has 1 aromatic heterocycles. The van der Waals surface area contributed by atoms with Crippen molar-refractivity contribution in [1.29, 1.82) is 0 Å². The second-order valence-electron chi connectivity index (χ2n) is 9.62. The van der Waals surface area contributed by atoms with Crippen molar-refractivity contribution in [2.75, 3.05) is 12.4 Å². The maximum Gasteiger partial charge on any atom is 0.258 e. The quantitative estimate of drug-likeness (QED) is 0.233. The molecular formula is C34H32N2O2. The molecule has 5 aromatic rings. The van der Waals surface area contributed by atoms with Crippen molar-refractivity contribution in [3.8, 4) is 28.1 Å². The fourth-order valence-corrected chi connectivity index (χ4v) is 5.05. The number of carbonyl (C=O) groups excluding carboxylic acids is 1. The molecule has 5 rings (SSSR count). The second-order valence-corrected chi connectivity index (χ2v) is 9.62. The SMILES string of the molecule is COc1ccc(NC(=O)c2c(-c3ccccc3)c(-c3ccccc3)n(Cc3ccccc3)c2C(C)C)cc1. The molecule has 4 heteroatoms. The van der Waals surface area contributed by atoms with Crippen molar-refractivity contribution in [3.05, 3.63) is 132 Å². The molecule has 38 heavy (non-hydrogen) atoms. The smallest absolute Gasteiger partial charge is 0.258 e. The van der Waals surface area contributed by atoms with Gasteiger partial charge in [0.25, 0.3) is 5.91 Å². The molecule has 0 saturated heterocycles. The van der Waals surface area contributed by atoms with Crippen LogP contribution in [0.15, 0.2) is 115 Å². The molecule has 0 unspecified atom stereocenters. The summed E-state index contributed by atoms with van der Waals surface area (Å²) < 4.78 is 7.63. The molecule has 190 valence electrons. The van der Waals surface area contributed by atoms with Crippen LogP contribution in [0.1, 0.15) is 41.4 Å². The van der Waals surface area contributed by atoms with Gasteiger partial charge < -0.3 is 14.6 Å². The van der Waals surface area contributed by atoms with E-state index in [1.807, 2.05) is 54.6 Å². The molecule has 0 fully saturated rings. The Labute approximate surface area is 224 Å². The Balaban J connectivity index is 1.77. The first-order valence-corrected chi connectivity index (χ1v) is 12.9. The first-order valence-electron chi connectivity index (χ1n) is 12.9. The number of hydrogen-bond donors (Lipinski definition) is 1. The third kappa shape index (κ3) is 5.12. The van der Waals surface area contributed by atoms with Gasteiger partial charge in [-0.2, -0.15) is 0 Å². The fourth-order valence-electron chi connectivity index (χ4n) is 5.05. The minimum atomic E-state index is -0.123. The van der Waals surface area contributed by atoms with Gasteiger partial charge in [0.05, 0.1) is 18.4 Å². The lowest BCUT2D eigenvalue weighted by Gasteiger charge is -2.17. The standard InChI is InChI=1S/C34H32N2O2/c1-24(2)32-31(34(37)35-28-19-21-29(38-3)22-20-28)30(26-15-9-5-10-16-26)33(27-17-11-6-12-18-27)36(32)23-25-13-7-4-8-14-25/h4-22,24H,23H2,1-3H3,(H,35,37). The lowest BCUT2D eigenvalue weighted by atomic mass is 9.94. The lowest BCUT2D eigenvalue weighted by molar-refractivity contribution is 0.102. The van der Waals surface area contributed by atoms with E-state index < -0.39 is 0 Å². The van der Waals surface area contributed by atoms with Gasteiger partial charge >= 0.3 is 0 Å². The molecule has 0 bridgehead atoms. The molecule has 0 aliphatic carbocycles. The van der Waals surface area contributed by atoms with E-state index in [0.29, 0.717) is 12.1 Å². The van der Waals surface area contributed by atoms with E-state index in [0.717, 1.165) is 39.5 Å². The minimum Gasteiger partial charge on any atom is -0.497 e. The van der Waals surface area contributed by atoms with Crippen LogP contribution < -0.4 is 10.1 Å². The van der Waals surface area contributed by atoms with Gasteiger partial charge in [0.15, 0.2) is 0 Å². The zero-order valence-electron chi connectivity index (χ0n) is 22.0. The van der Waals surface area contributed by atoms with Crippen molar-refractivity contribution in [2.45, 2.75) is 26.3 Å². The Bertz CT molecular complexity index is 1500. The highest BCUT2D eigenvalue weighted by molar-refractivity contribution is 6.12. The van der Waals surface area contributed by atoms with Gasteiger partial charge in [-0.15, -0.1) is 0 Å². The van der Waals surface area contributed by atoms with Crippen LogP contribution in [-0.2, 0) is 6.54 Å². The van der Waals surface area contributed by atoms with Crippen LogP contribution in [-0.4, -0.2) is 17.6 Å². The third-order valence-corrected chi connectivity index (χ3v) is 6.72. The molecule has 1 N–H and O–H groups in total. The van der Waals surface area contributed by atoms with Crippen LogP contribution in [0.3, 0.4) is 0 Å². The van der Waals surface area contributed by atoms with E-state index in [1.54, 1.807) is 7.11 Å². The average Bonchev–Trinajstić information content (AvgIpc) is 3.30. The number of anilines is 1. The van der Waals surface area contributed by atoms with E-state index >= 15 is 0 Å². The molecule has 4 aromatic carbocycles. The number of nitrogens with zero attached hydrogens (tertiary/aromatic N) is 1. The molecular weight excluding hydrogens is 468 g/mol. The third-order valence-electron chi connectivity index (χ3n) is 6.72. The summed E-state index contributed by atoms with van der Waals surface area (Å²) in [6.45, 7) is 4.98. The summed E-state index contributed by atoms with van der Waals surface area (Å²) in [7, 11) is 1.63. The predicted molar refractivity (Wildman–Crippen MR) is 156 cm³/mol. The number of amides is 1. The molecule has 0 aliphatic rings. The van der Waals surface area contributed by atoms with Crippen LogP contribution in [0.5, 0.6) is 5.75 Å². The summed E-state index contributed by atoms with van der Waals surface area (Å²) in [5, 5.41) is 3.16. The van der Waals surface area contributed by atoms with Crippen molar-refractivity contribution < 1.29 is 9.53 Å². The molecule has 0 aliphatic heterocycles. The summed E-state index contributed by atoms with van der Waals surface area (Å²) in [5.74, 6) is 0.730. The summed E-state index contributed by atoms with van der Waals surface area (Å²) in [6, 6.07) is 38.5. The molecule has 1 heterocycles. The van der Waals surface area contributed by atoms with Gasteiger partial charge in [0.2, 0.25) is 0 Å². The summed E-state index contributed by atoms with van der Waals surface area (Å²) in [5.41, 5.74) is 7.71. The number of aromatic nitrogens is 1. The average molecular weight is 501 g/mol. The topological polar surface area (TPSA) is 43.3 Å². The minimum absolute atomic E-state index is 0.107. The van der Waals surface area contributed by atoms with E-state index in [-0.39, 0.29) is 11.8 Å². The monoisotopic (exact) mass is 500 g/mol. The normalized spacial score (nSPS) is 10.9. The Hall–Kier alpha value is -4.57. The molecule has 1 amide bonds. The summed E-state index contributed by atoms with van der Waals surface area (Å²) in [4.78, 5) is 14.2. The van der Waals surface area contributed by atoms with Crippen LogP contribution in [0.4, 0.5) is 5.69 Å². The maximum atomic E-state index is 14.2. The molecule has 4 nitrogen and oxygen atoms in total. The molecule has 0 spiro atoms. The van der Waals surface area contributed by atoms with E-state index in [9.17, 15) is 4.79 Å². The van der Waals surface area contributed by atoms with Gasteiger partial charge in [-0.05, 0) is 46.9 Å². The first kappa shape index (κ1) is 25.1. The Morgan fingerprint density at radius 1 is 0.763 bits per heavy atom. The second kappa shape index (κ2) is 11.2. The molecule has 0 radical (unpaired) electrons. The highest BCUT2D eigenvalue weighted by atomic mass is 16.5. The van der Waals surface area contributed by atoms with Crippen molar-refractivity contribution in [3.63, 3.8) is 0 Å². The number of rotatable bonds is 8. The van der Waals surface area contributed by atoms with Gasteiger partial charge in [-0.1, -0.05) is 105 Å². The highest BCUT2D eigenvalue weighted by Gasteiger charge is 2.30. The lowest BCUT2D eigenvalue weighted by Crippen LogP contribution is -2.16. The van der Waals surface area contributed by atoms with Gasteiger partial charge in [0.1, 0.15) is 5.75 Å². The zero-order chi connectivity index (χ0) is 26.5. The number of ether oxygens (including phenoxy) is 1. The number of benzene rings is 4. The number of hydrogen-bond acceptors (Lipinski definition) is 2. The molecule has 0 saturated carbocycles. The van der Waals surface area contributed by atoms with Crippen molar-refractivity contribution in [1.82, 2.24) is 4.57 Å². The van der Waals surface area contributed by atoms with Crippen LogP contribution in [0.2, 0.25) is 0 Å². The van der Waals surface area contributed by atoms with Gasteiger partial charge in [-0.25, -0.2) is 0 Å². The van der Waals surface area contributed by atoms with Gasteiger partial charge in [0, 0.05) is 23.5 Å². The van der Waals surface area contributed by atoms with Crippen molar-refractivity contribution in [2.24, 2.45) is 0 Å².